The topological polar surface area (TPSA) is 40.8 Å². The highest BCUT2D eigenvalue weighted by Gasteiger charge is 2.59. The van der Waals surface area contributed by atoms with Crippen molar-refractivity contribution in [2.24, 2.45) is 12.5 Å². The van der Waals surface area contributed by atoms with Gasteiger partial charge in [-0.15, -0.1) is 0 Å². The van der Waals surface area contributed by atoms with Gasteiger partial charge in [0.2, 0.25) is 5.69 Å². The van der Waals surface area contributed by atoms with E-state index in [2.05, 4.69) is 136 Å². The molecular formula is C39H43N2O+. The van der Waals surface area contributed by atoms with E-state index in [9.17, 15) is 5.26 Å². The molecule has 0 radical (unpaired) electrons. The van der Waals surface area contributed by atoms with Gasteiger partial charge in [0.15, 0.2) is 6.20 Å². The number of nitrogens with zero attached hydrogens (tertiary/aromatic N) is 2. The Hall–Kier alpha value is -3.90. The molecule has 5 aromatic rings. The van der Waals surface area contributed by atoms with Gasteiger partial charge in [-0.25, -0.2) is 4.57 Å². The van der Waals surface area contributed by atoms with E-state index in [1.54, 1.807) is 0 Å². The molecule has 0 N–H and O–H groups in total. The Morgan fingerprint density at radius 3 is 2.00 bits per heavy atom. The van der Waals surface area contributed by atoms with Crippen LogP contribution in [-0.4, -0.2) is 0 Å². The maximum absolute atomic E-state index is 10.5. The Labute approximate surface area is 250 Å². The van der Waals surface area contributed by atoms with Gasteiger partial charge in [0.1, 0.15) is 18.2 Å². The van der Waals surface area contributed by atoms with E-state index in [-0.39, 0.29) is 21.7 Å². The minimum Gasteiger partial charge on any atom is -0.454 e. The highest BCUT2D eigenvalue weighted by Crippen LogP contribution is 2.65. The second-order valence-corrected chi connectivity index (χ2v) is 14.9. The lowest BCUT2D eigenvalue weighted by molar-refractivity contribution is -0.660. The number of hydrogen-bond donors (Lipinski definition) is 0. The van der Waals surface area contributed by atoms with Crippen molar-refractivity contribution < 1.29 is 8.98 Å². The predicted octanol–water partition coefficient (Wildman–Crippen LogP) is 9.82. The summed E-state index contributed by atoms with van der Waals surface area (Å²) >= 11 is 0. The molecule has 42 heavy (non-hydrogen) atoms. The van der Waals surface area contributed by atoms with Gasteiger partial charge in [-0.1, -0.05) is 86.6 Å². The van der Waals surface area contributed by atoms with E-state index in [1.807, 2.05) is 12.1 Å². The number of hydrogen-bond acceptors (Lipinski definition) is 2. The summed E-state index contributed by atoms with van der Waals surface area (Å²) in [6, 6.07) is 21.8. The van der Waals surface area contributed by atoms with E-state index >= 15 is 0 Å². The third-order valence-corrected chi connectivity index (χ3v) is 11.1. The van der Waals surface area contributed by atoms with Crippen molar-refractivity contribution in [3.05, 3.63) is 88.6 Å². The maximum Gasteiger partial charge on any atom is 0.216 e. The number of rotatable bonds is 2. The predicted molar refractivity (Wildman–Crippen MR) is 174 cm³/mol. The highest BCUT2D eigenvalue weighted by atomic mass is 16.3. The van der Waals surface area contributed by atoms with Crippen molar-refractivity contribution in [3.63, 3.8) is 0 Å². The molecular weight excluding hydrogens is 512 g/mol. The molecule has 1 aliphatic carbocycles. The lowest BCUT2D eigenvalue weighted by Crippen LogP contribution is -2.42. The van der Waals surface area contributed by atoms with Gasteiger partial charge in [0.05, 0.1) is 17.2 Å². The first-order valence-corrected chi connectivity index (χ1v) is 15.1. The first-order chi connectivity index (χ1) is 19.6. The number of furan rings is 1. The van der Waals surface area contributed by atoms with Crippen LogP contribution < -0.4 is 4.57 Å². The number of aromatic nitrogens is 1. The number of nitriles is 1. The molecule has 2 aromatic heterocycles. The fourth-order valence-electron chi connectivity index (χ4n) is 7.60. The van der Waals surface area contributed by atoms with Crippen molar-refractivity contribution in [2.45, 2.75) is 85.5 Å². The lowest BCUT2D eigenvalue weighted by Gasteiger charge is -2.45. The van der Waals surface area contributed by atoms with Crippen LogP contribution in [0.25, 0.3) is 44.3 Å². The van der Waals surface area contributed by atoms with Crippen LogP contribution in [0, 0.1) is 23.7 Å². The molecule has 6 rings (SSSR count). The van der Waals surface area contributed by atoms with Gasteiger partial charge >= 0.3 is 0 Å². The normalized spacial score (nSPS) is 17.0. The average molecular weight is 556 g/mol. The molecule has 214 valence electrons. The molecule has 0 bridgehead atoms. The summed E-state index contributed by atoms with van der Waals surface area (Å²) in [7, 11) is 2.07. The van der Waals surface area contributed by atoms with E-state index in [1.165, 1.54) is 16.7 Å². The molecule has 0 amide bonds. The molecule has 0 atom stereocenters. The minimum atomic E-state index is -0.150. The van der Waals surface area contributed by atoms with E-state index < -0.39 is 0 Å². The Morgan fingerprint density at radius 2 is 1.38 bits per heavy atom. The van der Waals surface area contributed by atoms with Crippen LogP contribution in [-0.2, 0) is 23.3 Å². The van der Waals surface area contributed by atoms with Crippen LogP contribution in [0.4, 0.5) is 0 Å². The van der Waals surface area contributed by atoms with Crippen molar-refractivity contribution in [1.29, 1.82) is 5.26 Å². The maximum atomic E-state index is 10.5. The number of fused-ring (bicyclic) bond motifs is 4. The molecule has 0 spiro atoms. The molecule has 3 aromatic carbocycles. The largest absolute Gasteiger partial charge is 0.454 e. The fraction of sp³-hybridized carbons (Fsp3) is 0.385. The fourth-order valence-corrected chi connectivity index (χ4v) is 7.60. The average Bonchev–Trinajstić information content (AvgIpc) is 3.34. The van der Waals surface area contributed by atoms with Gasteiger partial charge in [0, 0.05) is 28.5 Å². The standard InChI is InChI=1S/C39H43N2O/c1-23-15-17-25-26-18-16-24(22-40)31(35(26)42-34(25)30(23)29-14-12-13-21-41(29)11)27-19-20-28(36(2,3)4)33-32(27)37(5,6)39(9,10)38(33,7)8/h12-21H,1-11H3/q+1. The summed E-state index contributed by atoms with van der Waals surface area (Å²) in [5.74, 6) is 0. The summed E-state index contributed by atoms with van der Waals surface area (Å²) in [6.45, 7) is 23.5. The zero-order valence-corrected chi connectivity index (χ0v) is 27.1. The second-order valence-electron chi connectivity index (χ2n) is 14.9. The van der Waals surface area contributed by atoms with Gasteiger partial charge in [-0.3, -0.25) is 0 Å². The van der Waals surface area contributed by atoms with Crippen LogP contribution in [0.15, 0.2) is 65.2 Å². The quantitative estimate of drug-likeness (QED) is 0.203. The summed E-state index contributed by atoms with van der Waals surface area (Å²) in [4.78, 5) is 0. The summed E-state index contributed by atoms with van der Waals surface area (Å²) in [5.41, 5.74) is 11.6. The molecule has 0 aliphatic heterocycles. The third kappa shape index (κ3) is 3.54. The van der Waals surface area contributed by atoms with Gasteiger partial charge < -0.3 is 4.42 Å². The van der Waals surface area contributed by atoms with Crippen LogP contribution in [0.2, 0.25) is 0 Å². The second kappa shape index (κ2) is 8.81. The number of pyridine rings is 1. The smallest absolute Gasteiger partial charge is 0.216 e. The molecule has 3 nitrogen and oxygen atoms in total. The Morgan fingerprint density at radius 1 is 0.762 bits per heavy atom. The summed E-state index contributed by atoms with van der Waals surface area (Å²) in [5, 5.41) is 12.6. The zero-order valence-electron chi connectivity index (χ0n) is 27.1. The summed E-state index contributed by atoms with van der Waals surface area (Å²) < 4.78 is 9.11. The Kier molecular flexibility index (Phi) is 5.92. The van der Waals surface area contributed by atoms with E-state index in [4.69, 9.17) is 4.42 Å². The Balaban J connectivity index is 1.79. The molecule has 0 saturated heterocycles. The molecule has 0 unspecified atom stereocenters. The van der Waals surface area contributed by atoms with Gasteiger partial charge in [0.25, 0.3) is 0 Å². The van der Waals surface area contributed by atoms with Crippen molar-refractivity contribution in [1.82, 2.24) is 0 Å². The van der Waals surface area contributed by atoms with Crippen LogP contribution in [0.5, 0.6) is 0 Å². The van der Waals surface area contributed by atoms with Crippen LogP contribution in [0.1, 0.15) is 90.1 Å². The molecule has 3 heteroatoms. The number of benzene rings is 3. The lowest BCUT2D eigenvalue weighted by atomic mass is 9.58. The summed E-state index contributed by atoms with van der Waals surface area (Å²) in [6.07, 6.45) is 2.07. The first-order valence-electron chi connectivity index (χ1n) is 15.1. The van der Waals surface area contributed by atoms with E-state index in [0.717, 1.165) is 49.9 Å². The molecule has 1 aliphatic rings. The van der Waals surface area contributed by atoms with Crippen molar-refractivity contribution in [2.75, 3.05) is 0 Å². The highest BCUT2D eigenvalue weighted by molar-refractivity contribution is 6.14. The molecule has 2 heterocycles. The van der Waals surface area contributed by atoms with Crippen molar-refractivity contribution in [3.8, 4) is 28.5 Å². The minimum absolute atomic E-state index is 0.0164. The SMILES string of the molecule is Cc1ccc2c(oc3c(-c4ccc(C(C)(C)C)c5c4C(C)(C)C(C)(C)C5(C)C)c(C#N)ccc32)c1-c1cccc[n+]1C. The molecule has 0 fully saturated rings. The van der Waals surface area contributed by atoms with Crippen molar-refractivity contribution >= 4 is 21.9 Å². The van der Waals surface area contributed by atoms with Gasteiger partial charge in [-0.2, -0.15) is 5.26 Å². The third-order valence-electron chi connectivity index (χ3n) is 11.1. The Bertz CT molecular complexity index is 1970. The van der Waals surface area contributed by atoms with Gasteiger partial charge in [-0.05, 0) is 74.6 Å². The van der Waals surface area contributed by atoms with Crippen LogP contribution in [0.3, 0.4) is 0 Å². The number of aryl methyl sites for hydroxylation is 2. The zero-order chi connectivity index (χ0) is 30.6. The van der Waals surface area contributed by atoms with E-state index in [0.29, 0.717) is 5.56 Å². The monoisotopic (exact) mass is 555 g/mol. The first kappa shape index (κ1) is 28.2. The molecule has 0 saturated carbocycles. The van der Waals surface area contributed by atoms with Crippen LogP contribution >= 0.6 is 0 Å².